The molecule has 13 rings (SSSR count). The van der Waals surface area contributed by atoms with Gasteiger partial charge in [-0.3, -0.25) is 4.57 Å². The number of hydrogen-bond donors (Lipinski definition) is 0. The van der Waals surface area contributed by atoms with Crippen molar-refractivity contribution in [1.29, 1.82) is 0 Å². The average Bonchev–Trinajstić information content (AvgIpc) is 1.69. The lowest BCUT2D eigenvalue weighted by Crippen LogP contribution is -2.57. The molecule has 2 heterocycles. The summed E-state index contributed by atoms with van der Waals surface area (Å²) in [5.74, 6) is -0.206. The highest BCUT2D eigenvalue weighted by Gasteiger charge is 2.56. The molecule has 0 N–H and O–H groups in total. The van der Waals surface area contributed by atoms with Crippen LogP contribution in [-0.2, 0) is 5.41 Å². The topological polar surface area (TPSA) is 43.6 Å². The molecule has 1 spiro atoms. The molecule has 10 aromatic rings. The normalized spacial score (nSPS) is 15.5. The van der Waals surface area contributed by atoms with Crippen LogP contribution in [0.4, 0.5) is 0 Å². The first kappa shape index (κ1) is 53.5. The van der Waals surface area contributed by atoms with Crippen LogP contribution < -0.4 is 98.3 Å². The van der Waals surface area contributed by atoms with E-state index in [4.69, 9.17) is 156 Å². The molecule has 4 nitrogen and oxygen atoms in total. The lowest BCUT2D eigenvalue weighted by molar-refractivity contribution is 0.659. The second-order valence-corrected chi connectivity index (χ2v) is 21.4. The van der Waals surface area contributed by atoms with Gasteiger partial charge in [0.2, 0.25) is 5.95 Å². The Hall–Kier alpha value is -6.78. The van der Waals surface area contributed by atoms with Crippen LogP contribution in [0.1, 0.15) is 36.1 Å². The Bertz CT molecular complexity index is 4400. The molecular weight excluding hydrogens is 959 g/mol. The first-order valence-electron chi connectivity index (χ1n) is 25.5. The Kier molecular flexibility index (Phi) is 12.1. The third-order valence-corrected chi connectivity index (χ3v) is 16.9. The summed E-state index contributed by atoms with van der Waals surface area (Å²) in [6.45, 7) is 4.51. The molecule has 3 aliphatic carbocycles. The van der Waals surface area contributed by atoms with Crippen molar-refractivity contribution >= 4 is 267 Å². The molecule has 3 aliphatic rings. The number of para-hydroxylation sites is 1. The van der Waals surface area contributed by atoms with E-state index in [1.165, 1.54) is 22.3 Å². The highest BCUT2D eigenvalue weighted by Crippen LogP contribution is 2.67. The molecule has 0 fully saturated rings. The fourth-order valence-corrected chi connectivity index (χ4v) is 13.0. The summed E-state index contributed by atoms with van der Waals surface area (Å²) >= 11 is 0. The van der Waals surface area contributed by atoms with Crippen molar-refractivity contribution in [2.24, 2.45) is 5.41 Å². The number of nitrogens with zero attached hydrogens (tertiary/aromatic N) is 4. The van der Waals surface area contributed by atoms with Crippen LogP contribution in [0.5, 0.6) is 0 Å². The van der Waals surface area contributed by atoms with Crippen molar-refractivity contribution in [3.8, 4) is 62.1 Å². The van der Waals surface area contributed by atoms with E-state index in [2.05, 4.69) is 80.6 Å². The number of benzene rings is 8. The van der Waals surface area contributed by atoms with E-state index >= 15 is 0 Å². The first-order valence-corrected chi connectivity index (χ1v) is 25.5. The molecule has 22 heteroatoms. The first-order chi connectivity index (χ1) is 38.5. The standard InChI is InChI=1S/C59H22B18N4/c1-58(2)18-17-26-35(58)22-11-4-7-13-24(22)59(26)23-12-6-3-10-21(23)28-25(59)16-15-20-19-9-5-8-14-27(19)81(54(20)28)57-79-55(33-44(68)36(60)29(37(61)45(33)69)31-40(64)48(72)52(76)49(73)41(31)65)78-56(80-57)34-46(70)38(62)30(39(63)47(34)71)32-42(66)50(74)53(77)51(75)43(32)67/h3-18H,1-2H3. The second kappa shape index (κ2) is 18.4. The van der Waals surface area contributed by atoms with Crippen LogP contribution in [0, 0.1) is 5.41 Å². The number of hydrogen-bond acceptors (Lipinski definition) is 3. The van der Waals surface area contributed by atoms with Crippen molar-refractivity contribution in [2.75, 3.05) is 0 Å². The summed E-state index contributed by atoms with van der Waals surface area (Å²) in [5, 5.41) is 1.78. The van der Waals surface area contributed by atoms with Gasteiger partial charge in [-0.05, 0) is 67.3 Å². The van der Waals surface area contributed by atoms with E-state index in [1.54, 1.807) is 0 Å². The van der Waals surface area contributed by atoms with E-state index in [-0.39, 0.29) is 155 Å². The minimum Gasteiger partial charge on any atom is -0.277 e. The monoisotopic (exact) mass is 984 g/mol. The van der Waals surface area contributed by atoms with Gasteiger partial charge >= 0.3 is 0 Å². The van der Waals surface area contributed by atoms with Crippen LogP contribution >= 0.6 is 0 Å². The molecule has 1 unspecified atom stereocenters. The molecule has 1 atom stereocenters. The zero-order valence-corrected chi connectivity index (χ0v) is 43.9. The Balaban J connectivity index is 1.16. The number of rotatable bonds is 5. The average molecular weight is 981 g/mol. The summed E-state index contributed by atoms with van der Waals surface area (Å²) in [4.78, 5) is 15.6. The molecule has 81 heavy (non-hydrogen) atoms. The van der Waals surface area contributed by atoms with Gasteiger partial charge in [-0.15, -0.1) is 32.8 Å². The molecule has 0 aliphatic heterocycles. The second-order valence-electron chi connectivity index (χ2n) is 21.4. The van der Waals surface area contributed by atoms with Crippen LogP contribution in [0.2, 0.25) is 0 Å². The van der Waals surface area contributed by atoms with Crippen molar-refractivity contribution in [1.82, 2.24) is 19.5 Å². The van der Waals surface area contributed by atoms with Crippen LogP contribution in [0.3, 0.4) is 0 Å². The number of allylic oxidation sites excluding steroid dienone is 4. The lowest BCUT2D eigenvalue weighted by atomic mass is 9.56. The predicted molar refractivity (Wildman–Crippen MR) is 354 cm³/mol. The van der Waals surface area contributed by atoms with Crippen molar-refractivity contribution in [3.63, 3.8) is 0 Å². The molecule has 0 saturated carbocycles. The Labute approximate surface area is 495 Å². The van der Waals surface area contributed by atoms with Crippen molar-refractivity contribution in [3.05, 3.63) is 125 Å². The summed E-state index contributed by atoms with van der Waals surface area (Å²) in [6, 6.07) is 29.5. The zero-order valence-electron chi connectivity index (χ0n) is 43.9. The van der Waals surface area contributed by atoms with Crippen LogP contribution in [0.15, 0.2) is 103 Å². The quantitative estimate of drug-likeness (QED) is 0.162. The Morgan fingerprint density at radius 1 is 0.346 bits per heavy atom. The van der Waals surface area contributed by atoms with Gasteiger partial charge in [0.15, 0.2) is 11.6 Å². The van der Waals surface area contributed by atoms with Gasteiger partial charge in [-0.2, -0.15) is 9.97 Å². The van der Waals surface area contributed by atoms with Gasteiger partial charge in [0.1, 0.15) is 141 Å². The molecule has 8 aromatic carbocycles. The summed E-state index contributed by atoms with van der Waals surface area (Å²) < 4.78 is 1.97. The van der Waals surface area contributed by atoms with Gasteiger partial charge in [-0.25, -0.2) is 4.98 Å². The largest absolute Gasteiger partial charge is 0.277 e. The fourth-order valence-electron chi connectivity index (χ4n) is 13.0. The highest BCUT2D eigenvalue weighted by atomic mass is 15.2. The third-order valence-electron chi connectivity index (χ3n) is 16.9. The molecule has 332 valence electrons. The van der Waals surface area contributed by atoms with Gasteiger partial charge in [0.25, 0.3) is 0 Å². The van der Waals surface area contributed by atoms with Gasteiger partial charge < -0.3 is 0 Å². The number of aromatic nitrogens is 4. The van der Waals surface area contributed by atoms with Crippen molar-refractivity contribution in [2.45, 2.75) is 19.3 Å². The minimum atomic E-state index is -0.703. The highest BCUT2D eigenvalue weighted by molar-refractivity contribution is 6.73. The van der Waals surface area contributed by atoms with E-state index < -0.39 is 5.41 Å². The molecule has 0 bridgehead atoms. The minimum absolute atomic E-state index is 0.0109. The summed E-state index contributed by atoms with van der Waals surface area (Å²) in [5.41, 5.74) is 8.18. The van der Waals surface area contributed by atoms with Gasteiger partial charge in [-0.1, -0.05) is 170 Å². The molecule has 36 radical (unpaired) electrons. The van der Waals surface area contributed by atoms with Gasteiger partial charge in [0, 0.05) is 32.9 Å². The Morgan fingerprint density at radius 2 is 0.728 bits per heavy atom. The van der Waals surface area contributed by atoms with Crippen molar-refractivity contribution < 1.29 is 0 Å². The Morgan fingerprint density at radius 3 is 1.21 bits per heavy atom. The smallest absolute Gasteiger partial charge is 0.238 e. The van der Waals surface area contributed by atoms with Gasteiger partial charge in [0.05, 0.1) is 16.4 Å². The molecular formula is C59H22B18N4. The van der Waals surface area contributed by atoms with E-state index in [1.807, 2.05) is 34.9 Å². The van der Waals surface area contributed by atoms with E-state index in [0.717, 1.165) is 44.1 Å². The number of fused-ring (bicyclic) bond motifs is 13. The SMILES string of the molecule is [B]c1c([B])c([B])c(-c2c([B])c([B])c(-c3nc(-c4c([B])c([B])c(-c5c([B])c([B])c([B])c([B])c5[B])c([B])c4[B])nc(-n4c5ccccc5c5ccc6c(c54)-c4ccccc4C64C5=C(c6ccccc64)C(C)(C)C=C5)n3)c([B])c2[B])c([B])c1[B]. The maximum Gasteiger partial charge on any atom is 0.238 e. The van der Waals surface area contributed by atoms with Crippen LogP contribution in [0.25, 0.3) is 89.5 Å². The van der Waals surface area contributed by atoms with E-state index in [0.29, 0.717) is 0 Å². The third kappa shape index (κ3) is 6.95. The summed E-state index contributed by atoms with van der Waals surface area (Å²) in [7, 11) is 121. The van der Waals surface area contributed by atoms with Crippen LogP contribution in [-0.4, -0.2) is 161 Å². The fraction of sp³-hybridized carbons (Fsp3) is 0.0678. The molecule has 0 amide bonds. The lowest BCUT2D eigenvalue weighted by Gasteiger charge is -2.31. The van der Waals surface area contributed by atoms with E-state index in [9.17, 15) is 0 Å². The zero-order chi connectivity index (χ0) is 57.5. The predicted octanol–water partition coefficient (Wildman–Crippen LogP) is -7.40. The maximum atomic E-state index is 7.13. The molecule has 0 saturated heterocycles. The maximum absolute atomic E-state index is 7.13. The molecule has 2 aromatic heterocycles. The summed E-state index contributed by atoms with van der Waals surface area (Å²) in [6.07, 6.45) is 4.58.